The van der Waals surface area contributed by atoms with E-state index < -0.39 is 29.4 Å². The Morgan fingerprint density at radius 3 is 2.31 bits per heavy atom. The Morgan fingerprint density at radius 2 is 1.61 bits per heavy atom. The van der Waals surface area contributed by atoms with E-state index in [0.717, 1.165) is 54.9 Å². The number of carbonyl (C=O) groups excluding carboxylic acids is 4. The summed E-state index contributed by atoms with van der Waals surface area (Å²) in [5.74, 6) is 1.42. The average molecular weight is 1030 g/mol. The molecule has 376 valence electrons. The zero-order valence-electron chi connectivity index (χ0n) is 41.9. The smallest absolute Gasteiger partial charge is 0.258 e. The first-order valence-corrected chi connectivity index (χ1v) is 26.4. The number of rotatable bonds is 13. The van der Waals surface area contributed by atoms with E-state index in [-0.39, 0.29) is 36.8 Å². The normalized spacial score (nSPS) is 17.6. The van der Waals surface area contributed by atoms with Crippen molar-refractivity contribution in [3.8, 4) is 21.2 Å². The Hall–Kier alpha value is -6.50. The van der Waals surface area contributed by atoms with Crippen molar-refractivity contribution in [2.24, 2.45) is 10.4 Å². The molecule has 6 aromatic rings. The Kier molecular flexibility index (Phi) is 14.7. The number of thiophene rings is 1. The summed E-state index contributed by atoms with van der Waals surface area (Å²) in [4.78, 5) is 77.8. The number of hydrogen-bond acceptors (Lipinski definition) is 13. The molecule has 2 saturated heterocycles. The van der Waals surface area contributed by atoms with Crippen LogP contribution >= 0.6 is 34.3 Å². The number of pyridine rings is 1. The predicted molar refractivity (Wildman–Crippen MR) is 281 cm³/mol. The number of nitrogens with one attached hydrogen (secondary N) is 2. The van der Waals surface area contributed by atoms with Gasteiger partial charge >= 0.3 is 0 Å². The van der Waals surface area contributed by atoms with Crippen LogP contribution in [0.3, 0.4) is 0 Å². The van der Waals surface area contributed by atoms with Crippen LogP contribution in [0, 0.1) is 33.1 Å². The first-order chi connectivity index (χ1) is 34.4. The zero-order valence-corrected chi connectivity index (χ0v) is 44.3. The second-order valence-electron chi connectivity index (χ2n) is 19.8. The van der Waals surface area contributed by atoms with Crippen LogP contribution in [0.2, 0.25) is 5.02 Å². The second-order valence-corrected chi connectivity index (χ2v) is 22.3. The molecule has 3 aliphatic rings. The molecule has 3 aliphatic heterocycles. The number of carbonyl (C=O) groups is 4. The summed E-state index contributed by atoms with van der Waals surface area (Å²) < 4.78 is 8.04. The quantitative estimate of drug-likeness (QED) is 0.115. The molecule has 1 unspecified atom stereocenters. The van der Waals surface area contributed by atoms with E-state index in [1.54, 1.807) is 45.9 Å². The number of amides is 4. The van der Waals surface area contributed by atoms with Gasteiger partial charge in [-0.2, -0.15) is 0 Å². The van der Waals surface area contributed by atoms with Crippen molar-refractivity contribution in [3.05, 3.63) is 122 Å². The van der Waals surface area contributed by atoms with Crippen molar-refractivity contribution >= 4 is 69.4 Å². The number of likely N-dealkylation sites (tertiary alicyclic amines) is 1. The summed E-state index contributed by atoms with van der Waals surface area (Å²) in [6.45, 7) is 17.8. The highest BCUT2D eigenvalue weighted by molar-refractivity contribution is 7.15. The van der Waals surface area contributed by atoms with E-state index >= 15 is 0 Å². The van der Waals surface area contributed by atoms with Crippen molar-refractivity contribution in [1.82, 2.24) is 45.2 Å². The number of thiazole rings is 1. The number of benzene rings is 2. The highest BCUT2D eigenvalue weighted by Gasteiger charge is 2.42. The number of hydrogen-bond donors (Lipinski definition) is 2. The first-order valence-electron chi connectivity index (χ1n) is 24.3. The molecule has 72 heavy (non-hydrogen) atoms. The highest BCUT2D eigenvalue weighted by Crippen LogP contribution is 2.40. The van der Waals surface area contributed by atoms with Gasteiger partial charge in [-0.25, -0.2) is 9.97 Å². The van der Waals surface area contributed by atoms with Gasteiger partial charge in [0, 0.05) is 66.0 Å². The minimum Gasteiger partial charge on any atom is -0.484 e. The zero-order chi connectivity index (χ0) is 51.0. The number of halogens is 1. The lowest BCUT2D eigenvalue weighted by atomic mass is 9.85. The van der Waals surface area contributed by atoms with Crippen molar-refractivity contribution in [3.63, 3.8) is 0 Å². The van der Waals surface area contributed by atoms with E-state index in [2.05, 4.69) is 54.1 Å². The van der Waals surface area contributed by atoms with Gasteiger partial charge in [-0.05, 0) is 87.8 Å². The number of aryl methyl sites for hydroxylation is 3. The van der Waals surface area contributed by atoms with Crippen LogP contribution in [0.1, 0.15) is 104 Å². The highest BCUT2D eigenvalue weighted by atomic mass is 35.5. The fraction of sp³-hybridized carbons (Fsp3) is 0.415. The Balaban J connectivity index is 0.793. The van der Waals surface area contributed by atoms with Crippen LogP contribution in [0.4, 0.5) is 5.82 Å². The van der Waals surface area contributed by atoms with E-state index in [4.69, 9.17) is 21.3 Å². The lowest BCUT2D eigenvalue weighted by Gasteiger charge is -2.36. The molecule has 4 amide bonds. The third-order valence-electron chi connectivity index (χ3n) is 13.8. The second kappa shape index (κ2) is 20.9. The molecular weight excluding hydrogens is 970 g/mol. The molecule has 19 heteroatoms. The van der Waals surface area contributed by atoms with E-state index in [1.807, 2.05) is 100 Å². The Labute approximate surface area is 432 Å². The molecule has 4 aromatic heterocycles. The number of aliphatic imine (C=N–C) groups is 1. The fourth-order valence-electron chi connectivity index (χ4n) is 9.64. The van der Waals surface area contributed by atoms with Crippen LogP contribution in [0.25, 0.3) is 15.4 Å². The summed E-state index contributed by atoms with van der Waals surface area (Å²) in [5, 5.41) is 16.7. The van der Waals surface area contributed by atoms with Gasteiger partial charge in [0.15, 0.2) is 12.4 Å². The summed E-state index contributed by atoms with van der Waals surface area (Å²) in [6.07, 6.45) is 2.95. The molecule has 2 aromatic carbocycles. The summed E-state index contributed by atoms with van der Waals surface area (Å²) >= 11 is 9.56. The predicted octanol–water partition coefficient (Wildman–Crippen LogP) is 8.14. The summed E-state index contributed by atoms with van der Waals surface area (Å²) in [5.41, 5.74) is 8.02. The van der Waals surface area contributed by atoms with Crippen LogP contribution in [-0.4, -0.2) is 115 Å². The molecule has 7 heterocycles. The molecule has 4 atom stereocenters. The first kappa shape index (κ1) is 50.4. The molecule has 2 N–H and O–H groups in total. The SMILES string of the molecule is Cc1ncsc1-c1ccc(C(C)NC(=O)[C@@H]2CCCN2C(=O)[C@@H](NC(=O)COc2ccnc(N3CCN(C(=O)C[C@@H]4N=C(c5ccc(Cl)cc5)c5c(sc(C)c5C)-n5c(C)nnc54)CC3)c2)C(C)(C)C)cc1. The summed E-state index contributed by atoms with van der Waals surface area (Å²) in [7, 11) is 0. The van der Waals surface area contributed by atoms with Crippen LogP contribution < -0.4 is 20.3 Å². The van der Waals surface area contributed by atoms with Gasteiger partial charge < -0.3 is 30.1 Å². The molecule has 0 aliphatic carbocycles. The van der Waals surface area contributed by atoms with Gasteiger partial charge in [0.05, 0.1) is 34.3 Å². The third kappa shape index (κ3) is 10.5. The summed E-state index contributed by atoms with van der Waals surface area (Å²) in [6, 6.07) is 16.8. The minimum absolute atomic E-state index is 0.0364. The molecule has 0 saturated carbocycles. The van der Waals surface area contributed by atoms with E-state index in [9.17, 15) is 19.2 Å². The maximum Gasteiger partial charge on any atom is 0.258 e. The Morgan fingerprint density at radius 1 is 0.889 bits per heavy atom. The largest absolute Gasteiger partial charge is 0.484 e. The maximum atomic E-state index is 14.3. The van der Waals surface area contributed by atoms with Crippen LogP contribution in [-0.2, 0) is 19.2 Å². The molecule has 0 spiro atoms. The topological polar surface area (TPSA) is 180 Å². The van der Waals surface area contributed by atoms with Gasteiger partial charge in [-0.3, -0.25) is 28.7 Å². The van der Waals surface area contributed by atoms with Gasteiger partial charge in [0.1, 0.15) is 40.5 Å². The van der Waals surface area contributed by atoms with Gasteiger partial charge in [-0.1, -0.05) is 68.8 Å². The number of piperazine rings is 1. The van der Waals surface area contributed by atoms with Gasteiger partial charge in [0.2, 0.25) is 17.7 Å². The fourth-order valence-corrected chi connectivity index (χ4v) is 11.8. The van der Waals surface area contributed by atoms with Crippen molar-refractivity contribution in [2.75, 3.05) is 44.2 Å². The molecule has 2 fully saturated rings. The number of nitrogens with zero attached hydrogens (tertiary/aromatic N) is 9. The van der Waals surface area contributed by atoms with Crippen molar-refractivity contribution in [2.45, 2.75) is 98.8 Å². The minimum atomic E-state index is -0.904. The van der Waals surface area contributed by atoms with Gasteiger partial charge in [-0.15, -0.1) is 32.9 Å². The molecule has 0 bridgehead atoms. The number of fused-ring (bicyclic) bond motifs is 3. The standard InChI is InChI=1S/C53H60ClN11O5S2/c1-30-33(4)72-52-45(30)46(36-15-17-38(54)18-16-36)58-40(49-61-60-34(5)65(49)52)27-44(67)63-24-22-62(23-25-63)42-26-39(19-20-55-42)70-28-43(66)59-48(53(6,7)8)51(69)64-21-9-10-41(64)50(68)57-31(2)35-11-13-37(14-12-35)47-32(3)56-29-71-47/h11-20,26,29,31,40-41,48H,9-10,21-25,27-28H2,1-8H3,(H,57,68)(H,59,66)/t31?,40-,41-,48+/m0/s1. The van der Waals surface area contributed by atoms with E-state index in [0.29, 0.717) is 68.0 Å². The van der Waals surface area contributed by atoms with Crippen LogP contribution in [0.15, 0.2) is 77.4 Å². The number of ether oxygens (including phenoxy) is 1. The maximum absolute atomic E-state index is 14.3. The molecule has 16 nitrogen and oxygen atoms in total. The van der Waals surface area contributed by atoms with Crippen molar-refractivity contribution in [1.29, 1.82) is 0 Å². The third-order valence-corrected chi connectivity index (χ3v) is 16.2. The lowest BCUT2D eigenvalue weighted by molar-refractivity contribution is -0.144. The average Bonchev–Trinajstić information content (AvgIpc) is 4.17. The lowest BCUT2D eigenvalue weighted by Crippen LogP contribution is -2.58. The van der Waals surface area contributed by atoms with Crippen molar-refractivity contribution < 1.29 is 23.9 Å². The number of anilines is 1. The Bertz CT molecular complexity index is 3020. The number of aromatic nitrogens is 5. The van der Waals surface area contributed by atoms with Gasteiger partial charge in [0.25, 0.3) is 5.91 Å². The van der Waals surface area contributed by atoms with Crippen LogP contribution in [0.5, 0.6) is 5.75 Å². The monoisotopic (exact) mass is 1030 g/mol. The molecule has 9 rings (SSSR count). The molecule has 0 radical (unpaired) electrons. The molecular formula is C53H60ClN11O5S2. The van der Waals surface area contributed by atoms with E-state index in [1.165, 1.54) is 4.88 Å².